The first-order chi connectivity index (χ1) is 12.7. The molecular formula is C23H35Cl2NO. The molecule has 0 saturated carbocycles. The van der Waals surface area contributed by atoms with Gasteiger partial charge in [-0.1, -0.05) is 81.1 Å². The van der Waals surface area contributed by atoms with Crippen LogP contribution < -0.4 is 0 Å². The first kappa shape index (κ1) is 25.8. The average molecular weight is 412 g/mol. The minimum Gasteiger partial charge on any atom is -0.494 e. The van der Waals surface area contributed by atoms with Crippen molar-refractivity contribution in [3.63, 3.8) is 0 Å². The van der Waals surface area contributed by atoms with Gasteiger partial charge in [-0.3, -0.25) is 0 Å². The molecule has 0 aromatic heterocycles. The van der Waals surface area contributed by atoms with Crippen molar-refractivity contribution < 1.29 is 4.74 Å². The largest absolute Gasteiger partial charge is 0.494 e. The second-order valence-electron chi connectivity index (χ2n) is 6.87. The summed E-state index contributed by atoms with van der Waals surface area (Å²) in [5, 5.41) is 0.559. The summed E-state index contributed by atoms with van der Waals surface area (Å²) in [6, 6.07) is 10.5. The van der Waals surface area contributed by atoms with E-state index in [4.69, 9.17) is 27.9 Å². The number of alkyl halides is 1. The first-order valence-electron chi connectivity index (χ1n) is 9.37. The van der Waals surface area contributed by atoms with Crippen LogP contribution in [0.1, 0.15) is 39.7 Å². The number of halogens is 2. The molecule has 0 amide bonds. The van der Waals surface area contributed by atoms with E-state index in [0.717, 1.165) is 19.5 Å². The number of rotatable bonds is 10. The molecule has 0 aliphatic carbocycles. The smallest absolute Gasteiger partial charge is 0.107 e. The molecule has 1 rings (SSSR count). The molecule has 0 bridgehead atoms. The maximum absolute atomic E-state index is 6.01. The van der Waals surface area contributed by atoms with Crippen LogP contribution in [0.25, 0.3) is 0 Å². The van der Waals surface area contributed by atoms with E-state index in [9.17, 15) is 0 Å². The molecule has 2 unspecified atom stereocenters. The lowest BCUT2D eigenvalue weighted by molar-refractivity contribution is 0.0590. The Kier molecular flexibility index (Phi) is 14.1. The SMILES string of the molecule is C=C(OC(CCN(C)Cc1ccccc1)C(C)C)C(C)Cl.C=C/C(Cl)=C\C. The lowest BCUT2D eigenvalue weighted by Gasteiger charge is -2.27. The van der Waals surface area contributed by atoms with Crippen molar-refractivity contribution in [2.75, 3.05) is 13.6 Å². The van der Waals surface area contributed by atoms with Gasteiger partial charge in [0.05, 0.1) is 5.38 Å². The fraction of sp³-hybridized carbons (Fsp3) is 0.478. The van der Waals surface area contributed by atoms with E-state index in [1.807, 2.05) is 19.9 Å². The van der Waals surface area contributed by atoms with Gasteiger partial charge in [-0.05, 0) is 38.8 Å². The van der Waals surface area contributed by atoms with Crippen molar-refractivity contribution in [1.82, 2.24) is 4.90 Å². The van der Waals surface area contributed by atoms with E-state index in [1.165, 1.54) is 5.56 Å². The number of hydrogen-bond donors (Lipinski definition) is 0. The van der Waals surface area contributed by atoms with Crippen molar-refractivity contribution in [2.45, 2.75) is 52.1 Å². The van der Waals surface area contributed by atoms with Crippen molar-refractivity contribution in [3.05, 3.63) is 72.0 Å². The number of hydrogen-bond acceptors (Lipinski definition) is 2. The van der Waals surface area contributed by atoms with Crippen molar-refractivity contribution in [1.29, 1.82) is 0 Å². The number of benzene rings is 1. The summed E-state index contributed by atoms with van der Waals surface area (Å²) in [6.07, 6.45) is 4.52. The summed E-state index contributed by atoms with van der Waals surface area (Å²) in [5.41, 5.74) is 1.33. The zero-order valence-electron chi connectivity index (χ0n) is 17.4. The van der Waals surface area contributed by atoms with Gasteiger partial charge in [-0.15, -0.1) is 11.6 Å². The third-order valence-corrected chi connectivity index (χ3v) is 4.67. The standard InChI is InChI=1S/C18H28ClNO.C5H7Cl/c1-14(2)18(21-16(4)15(3)19)11-12-20(5)13-17-9-7-6-8-10-17;1-3-5(6)4-2/h6-10,14-15,18H,4,11-13H2,1-3,5H3;3-4H,1H2,2H3/b;5-4+. The molecule has 2 nitrogen and oxygen atoms in total. The van der Waals surface area contributed by atoms with Crippen LogP contribution in [0.3, 0.4) is 0 Å². The third kappa shape index (κ3) is 12.7. The lowest BCUT2D eigenvalue weighted by atomic mass is 10.0. The molecule has 0 heterocycles. The Labute approximate surface area is 176 Å². The summed E-state index contributed by atoms with van der Waals surface area (Å²) in [4.78, 5) is 2.32. The van der Waals surface area contributed by atoms with Crippen LogP contribution in [-0.2, 0) is 11.3 Å². The minimum atomic E-state index is -0.145. The topological polar surface area (TPSA) is 12.5 Å². The van der Waals surface area contributed by atoms with Crippen LogP contribution in [0.2, 0.25) is 0 Å². The summed E-state index contributed by atoms with van der Waals surface area (Å²) in [7, 11) is 2.14. The monoisotopic (exact) mass is 411 g/mol. The highest BCUT2D eigenvalue weighted by Gasteiger charge is 2.18. The van der Waals surface area contributed by atoms with Gasteiger partial charge in [0.1, 0.15) is 11.9 Å². The highest BCUT2D eigenvalue weighted by molar-refractivity contribution is 6.31. The van der Waals surface area contributed by atoms with Gasteiger partial charge in [-0.2, -0.15) is 0 Å². The Bertz CT molecular complexity index is 567. The van der Waals surface area contributed by atoms with Gasteiger partial charge in [0, 0.05) is 18.1 Å². The van der Waals surface area contributed by atoms with E-state index < -0.39 is 0 Å². The Morgan fingerprint density at radius 1 is 1.22 bits per heavy atom. The molecule has 27 heavy (non-hydrogen) atoms. The van der Waals surface area contributed by atoms with Gasteiger partial charge in [0.25, 0.3) is 0 Å². The lowest BCUT2D eigenvalue weighted by Crippen LogP contribution is -2.28. The molecule has 2 atom stereocenters. The summed E-state index contributed by atoms with van der Waals surface area (Å²) < 4.78 is 5.92. The molecule has 0 saturated heterocycles. The Balaban J connectivity index is 0.000000972. The summed E-state index contributed by atoms with van der Waals surface area (Å²) >= 11 is 11.4. The van der Waals surface area contributed by atoms with Crippen LogP contribution in [0, 0.1) is 5.92 Å². The van der Waals surface area contributed by atoms with Crippen molar-refractivity contribution in [3.8, 4) is 0 Å². The van der Waals surface area contributed by atoms with Crippen LogP contribution in [0.4, 0.5) is 0 Å². The molecule has 1 aromatic carbocycles. The fourth-order valence-electron chi connectivity index (χ4n) is 2.26. The molecule has 0 radical (unpaired) electrons. The van der Waals surface area contributed by atoms with Crippen LogP contribution in [-0.4, -0.2) is 30.0 Å². The van der Waals surface area contributed by atoms with Gasteiger partial charge < -0.3 is 9.64 Å². The number of nitrogens with zero attached hydrogens (tertiary/aromatic N) is 1. The van der Waals surface area contributed by atoms with Crippen LogP contribution >= 0.6 is 23.2 Å². The Hall–Kier alpha value is -1.22. The van der Waals surface area contributed by atoms with Crippen LogP contribution in [0.5, 0.6) is 0 Å². The average Bonchev–Trinajstić information content (AvgIpc) is 2.65. The quantitative estimate of drug-likeness (QED) is 0.233. The van der Waals surface area contributed by atoms with Gasteiger partial charge in [0.2, 0.25) is 0 Å². The first-order valence-corrected chi connectivity index (χ1v) is 10.2. The van der Waals surface area contributed by atoms with E-state index in [-0.39, 0.29) is 11.5 Å². The predicted molar refractivity (Wildman–Crippen MR) is 121 cm³/mol. The molecule has 152 valence electrons. The molecular weight excluding hydrogens is 377 g/mol. The van der Waals surface area contributed by atoms with Crippen LogP contribution in [0.15, 0.2) is 66.4 Å². The minimum absolute atomic E-state index is 0.145. The zero-order valence-corrected chi connectivity index (χ0v) is 18.9. The molecule has 1 aromatic rings. The number of ether oxygens (including phenoxy) is 1. The second-order valence-corrected chi connectivity index (χ2v) is 7.96. The summed E-state index contributed by atoms with van der Waals surface area (Å²) in [5.74, 6) is 1.11. The van der Waals surface area contributed by atoms with Gasteiger partial charge >= 0.3 is 0 Å². The molecule has 0 aliphatic heterocycles. The third-order valence-electron chi connectivity index (χ3n) is 4.05. The Morgan fingerprint density at radius 2 is 1.81 bits per heavy atom. The highest BCUT2D eigenvalue weighted by Crippen LogP contribution is 2.19. The molecule has 0 fully saturated rings. The van der Waals surface area contributed by atoms with Gasteiger partial charge in [-0.25, -0.2) is 0 Å². The van der Waals surface area contributed by atoms with Crippen molar-refractivity contribution in [2.24, 2.45) is 5.92 Å². The Morgan fingerprint density at radius 3 is 2.22 bits per heavy atom. The maximum atomic E-state index is 6.01. The summed E-state index contributed by atoms with van der Waals surface area (Å²) in [6.45, 7) is 17.4. The predicted octanol–water partition coefficient (Wildman–Crippen LogP) is 7.01. The maximum Gasteiger partial charge on any atom is 0.107 e. The van der Waals surface area contributed by atoms with E-state index in [0.29, 0.717) is 16.7 Å². The molecule has 4 heteroatoms. The van der Waals surface area contributed by atoms with Gasteiger partial charge in [0.15, 0.2) is 0 Å². The zero-order chi connectivity index (χ0) is 20.8. The fourth-order valence-corrected chi connectivity index (χ4v) is 2.31. The second kappa shape index (κ2) is 14.8. The normalized spacial score (nSPS) is 13.6. The highest BCUT2D eigenvalue weighted by atomic mass is 35.5. The van der Waals surface area contributed by atoms with E-state index in [2.05, 4.69) is 63.2 Å². The van der Waals surface area contributed by atoms with E-state index >= 15 is 0 Å². The number of allylic oxidation sites excluding steroid dienone is 4. The molecule has 0 aliphatic rings. The van der Waals surface area contributed by atoms with E-state index in [1.54, 1.807) is 12.2 Å². The molecule has 0 N–H and O–H groups in total. The molecule has 0 spiro atoms. The van der Waals surface area contributed by atoms with Crippen molar-refractivity contribution >= 4 is 23.2 Å².